The molecule has 0 aliphatic rings. The number of benzene rings is 2. The highest BCUT2D eigenvalue weighted by molar-refractivity contribution is 5.80. The smallest absolute Gasteiger partial charge is 0.153 e. The zero-order valence-electron chi connectivity index (χ0n) is 9.24. The van der Waals surface area contributed by atoms with Crippen molar-refractivity contribution >= 4 is 16.7 Å². The SMILES string of the molecule is Nc1cccc(-c2nc3c(F)cc(F)cc3[nH]2)c1. The number of rotatable bonds is 1. The van der Waals surface area contributed by atoms with Crippen LogP contribution < -0.4 is 5.73 Å². The minimum Gasteiger partial charge on any atom is -0.399 e. The van der Waals surface area contributed by atoms with E-state index >= 15 is 0 Å². The normalized spacial score (nSPS) is 11.0. The Bertz CT molecular complexity index is 734. The first kappa shape index (κ1) is 10.7. The highest BCUT2D eigenvalue weighted by atomic mass is 19.1. The zero-order valence-corrected chi connectivity index (χ0v) is 9.24. The molecule has 3 nitrogen and oxygen atoms in total. The van der Waals surface area contributed by atoms with Gasteiger partial charge in [0.1, 0.15) is 17.2 Å². The fraction of sp³-hybridized carbons (Fsp3) is 0. The van der Waals surface area contributed by atoms with Gasteiger partial charge in [-0.3, -0.25) is 0 Å². The molecule has 0 spiro atoms. The molecule has 0 fully saturated rings. The highest BCUT2D eigenvalue weighted by Gasteiger charge is 2.10. The molecule has 0 amide bonds. The lowest BCUT2D eigenvalue weighted by molar-refractivity contribution is 0.591. The summed E-state index contributed by atoms with van der Waals surface area (Å²) < 4.78 is 26.6. The molecule has 3 N–H and O–H groups in total. The van der Waals surface area contributed by atoms with Crippen LogP contribution in [0.2, 0.25) is 0 Å². The third kappa shape index (κ3) is 1.69. The van der Waals surface area contributed by atoms with Crippen molar-refractivity contribution in [3.8, 4) is 11.4 Å². The van der Waals surface area contributed by atoms with Gasteiger partial charge in [0.05, 0.1) is 5.52 Å². The Balaban J connectivity index is 2.22. The molecule has 3 aromatic rings. The summed E-state index contributed by atoms with van der Waals surface area (Å²) in [6, 6.07) is 9.04. The van der Waals surface area contributed by atoms with Gasteiger partial charge < -0.3 is 10.7 Å². The summed E-state index contributed by atoms with van der Waals surface area (Å²) >= 11 is 0. The van der Waals surface area contributed by atoms with Crippen LogP contribution in [0.1, 0.15) is 0 Å². The van der Waals surface area contributed by atoms with Gasteiger partial charge in [-0.25, -0.2) is 13.8 Å². The minimum atomic E-state index is -0.684. The van der Waals surface area contributed by atoms with E-state index in [-0.39, 0.29) is 5.52 Å². The summed E-state index contributed by atoms with van der Waals surface area (Å²) in [5.41, 5.74) is 7.42. The number of imidazole rings is 1. The fourth-order valence-corrected chi connectivity index (χ4v) is 1.86. The number of aromatic nitrogens is 2. The molecular weight excluding hydrogens is 236 g/mol. The summed E-state index contributed by atoms with van der Waals surface area (Å²) in [5.74, 6) is -0.860. The van der Waals surface area contributed by atoms with Crippen LogP contribution in [0.3, 0.4) is 0 Å². The van der Waals surface area contributed by atoms with Crippen LogP contribution in [0, 0.1) is 11.6 Å². The number of hydrogen-bond donors (Lipinski definition) is 2. The second-order valence-electron chi connectivity index (χ2n) is 3.99. The molecule has 0 saturated carbocycles. The van der Waals surface area contributed by atoms with E-state index in [0.29, 0.717) is 17.0 Å². The van der Waals surface area contributed by atoms with Crippen LogP contribution in [-0.2, 0) is 0 Å². The Hall–Kier alpha value is -2.43. The molecule has 3 rings (SSSR count). The van der Waals surface area contributed by atoms with E-state index in [9.17, 15) is 8.78 Å². The quantitative estimate of drug-likeness (QED) is 0.647. The second-order valence-corrected chi connectivity index (χ2v) is 3.99. The van der Waals surface area contributed by atoms with Gasteiger partial charge in [-0.15, -0.1) is 0 Å². The lowest BCUT2D eigenvalue weighted by Gasteiger charge is -1.97. The standard InChI is InChI=1S/C13H9F2N3/c14-8-5-10(15)12-11(6-8)17-13(18-12)7-2-1-3-9(16)4-7/h1-6H,16H2,(H,17,18). The molecule has 1 aromatic heterocycles. The lowest BCUT2D eigenvalue weighted by atomic mass is 10.2. The Morgan fingerprint density at radius 1 is 1.11 bits per heavy atom. The van der Waals surface area contributed by atoms with Crippen molar-refractivity contribution in [2.45, 2.75) is 0 Å². The molecule has 0 radical (unpaired) electrons. The lowest BCUT2D eigenvalue weighted by Crippen LogP contribution is -1.86. The van der Waals surface area contributed by atoms with E-state index in [1.165, 1.54) is 6.07 Å². The van der Waals surface area contributed by atoms with Gasteiger partial charge in [-0.2, -0.15) is 0 Å². The summed E-state index contributed by atoms with van der Waals surface area (Å²) in [6.45, 7) is 0. The maximum Gasteiger partial charge on any atom is 0.153 e. The number of halogens is 2. The molecule has 18 heavy (non-hydrogen) atoms. The maximum atomic E-state index is 13.5. The van der Waals surface area contributed by atoms with E-state index < -0.39 is 11.6 Å². The molecule has 0 aliphatic heterocycles. The number of anilines is 1. The van der Waals surface area contributed by atoms with Crippen molar-refractivity contribution in [2.24, 2.45) is 0 Å². The average Bonchev–Trinajstić information content (AvgIpc) is 2.73. The molecule has 5 heteroatoms. The highest BCUT2D eigenvalue weighted by Crippen LogP contribution is 2.24. The number of fused-ring (bicyclic) bond motifs is 1. The third-order valence-corrected chi connectivity index (χ3v) is 2.66. The molecule has 0 unspecified atom stereocenters. The van der Waals surface area contributed by atoms with Gasteiger partial charge in [-0.05, 0) is 18.2 Å². The Kier molecular flexibility index (Phi) is 2.26. The second kappa shape index (κ2) is 3.80. The largest absolute Gasteiger partial charge is 0.399 e. The number of nitrogens with one attached hydrogen (secondary N) is 1. The van der Waals surface area contributed by atoms with Crippen LogP contribution in [0.25, 0.3) is 22.4 Å². The summed E-state index contributed by atoms with van der Waals surface area (Å²) in [5, 5.41) is 0. The van der Waals surface area contributed by atoms with E-state index in [1.54, 1.807) is 24.3 Å². The van der Waals surface area contributed by atoms with Crippen LogP contribution in [0.4, 0.5) is 14.5 Å². The third-order valence-electron chi connectivity index (χ3n) is 2.66. The van der Waals surface area contributed by atoms with Gasteiger partial charge in [0.15, 0.2) is 5.82 Å². The first-order chi connectivity index (χ1) is 8.63. The van der Waals surface area contributed by atoms with Crippen molar-refractivity contribution in [3.63, 3.8) is 0 Å². The summed E-state index contributed by atoms with van der Waals surface area (Å²) in [6.07, 6.45) is 0. The topological polar surface area (TPSA) is 54.7 Å². The predicted molar refractivity (Wildman–Crippen MR) is 65.9 cm³/mol. The molecule has 0 atom stereocenters. The van der Waals surface area contributed by atoms with E-state index in [4.69, 9.17) is 5.73 Å². The number of nitrogen functional groups attached to an aromatic ring is 1. The maximum absolute atomic E-state index is 13.5. The predicted octanol–water partition coefficient (Wildman–Crippen LogP) is 3.09. The minimum absolute atomic E-state index is 0.119. The van der Waals surface area contributed by atoms with E-state index in [1.807, 2.05) is 0 Å². The molecule has 0 aliphatic carbocycles. The van der Waals surface area contributed by atoms with Crippen molar-refractivity contribution < 1.29 is 8.78 Å². The summed E-state index contributed by atoms with van der Waals surface area (Å²) in [4.78, 5) is 6.99. The van der Waals surface area contributed by atoms with Crippen molar-refractivity contribution in [3.05, 3.63) is 48.0 Å². The first-order valence-corrected chi connectivity index (χ1v) is 5.34. The van der Waals surface area contributed by atoms with Crippen molar-refractivity contribution in [2.75, 3.05) is 5.73 Å². The van der Waals surface area contributed by atoms with Gasteiger partial charge >= 0.3 is 0 Å². The summed E-state index contributed by atoms with van der Waals surface area (Å²) in [7, 11) is 0. The van der Waals surface area contributed by atoms with Gasteiger partial charge in [0, 0.05) is 17.3 Å². The van der Waals surface area contributed by atoms with Gasteiger partial charge in [0.2, 0.25) is 0 Å². The monoisotopic (exact) mass is 245 g/mol. The van der Waals surface area contributed by atoms with Crippen LogP contribution >= 0.6 is 0 Å². The van der Waals surface area contributed by atoms with Gasteiger partial charge in [-0.1, -0.05) is 12.1 Å². The Morgan fingerprint density at radius 3 is 2.72 bits per heavy atom. The number of nitrogens with two attached hydrogens (primary N) is 1. The van der Waals surface area contributed by atoms with Crippen LogP contribution in [0.5, 0.6) is 0 Å². The van der Waals surface area contributed by atoms with E-state index in [2.05, 4.69) is 9.97 Å². The first-order valence-electron chi connectivity index (χ1n) is 5.34. The molecule has 90 valence electrons. The molecule has 0 saturated heterocycles. The van der Waals surface area contributed by atoms with Gasteiger partial charge in [0.25, 0.3) is 0 Å². The van der Waals surface area contributed by atoms with Crippen molar-refractivity contribution in [1.82, 2.24) is 9.97 Å². The van der Waals surface area contributed by atoms with Crippen molar-refractivity contribution in [1.29, 1.82) is 0 Å². The Morgan fingerprint density at radius 2 is 1.94 bits per heavy atom. The molecule has 1 heterocycles. The van der Waals surface area contributed by atoms with E-state index in [0.717, 1.165) is 11.6 Å². The number of hydrogen-bond acceptors (Lipinski definition) is 2. The zero-order chi connectivity index (χ0) is 12.7. The number of H-pyrrole nitrogens is 1. The molecule has 2 aromatic carbocycles. The van der Waals surface area contributed by atoms with Crippen LogP contribution in [-0.4, -0.2) is 9.97 Å². The number of aromatic amines is 1. The number of nitrogens with zero attached hydrogens (tertiary/aromatic N) is 1. The molecular formula is C13H9F2N3. The fourth-order valence-electron chi connectivity index (χ4n) is 1.86. The molecule has 0 bridgehead atoms. The average molecular weight is 245 g/mol. The Labute approximate surface area is 101 Å². The van der Waals surface area contributed by atoms with Crippen LogP contribution in [0.15, 0.2) is 36.4 Å².